The van der Waals surface area contributed by atoms with Crippen molar-refractivity contribution in [1.29, 1.82) is 0 Å². The topological polar surface area (TPSA) is 63.6 Å². The summed E-state index contributed by atoms with van der Waals surface area (Å²) in [6.45, 7) is 0.519. The van der Waals surface area contributed by atoms with Crippen molar-refractivity contribution in [2.75, 3.05) is 0 Å². The lowest BCUT2D eigenvalue weighted by Gasteiger charge is -2.17. The summed E-state index contributed by atoms with van der Waals surface area (Å²) < 4.78 is 5.80. The van der Waals surface area contributed by atoms with Crippen molar-refractivity contribution in [1.82, 2.24) is 0 Å². The average Bonchev–Trinajstić information content (AvgIpc) is 2.80. The SMILES string of the molecule is O=C1C(=O)c2ccccc2C(O)=C1CCCc1ccc(OCc2ccccc2)cc1. The molecule has 1 aliphatic carbocycles. The fraction of sp³-hybridized carbons (Fsp3) is 0.154. The van der Waals surface area contributed by atoms with Crippen molar-refractivity contribution in [3.8, 4) is 5.75 Å². The van der Waals surface area contributed by atoms with Crippen LogP contribution in [0.5, 0.6) is 5.75 Å². The van der Waals surface area contributed by atoms with Gasteiger partial charge in [-0.25, -0.2) is 0 Å². The molecule has 0 aromatic heterocycles. The van der Waals surface area contributed by atoms with Gasteiger partial charge in [0.2, 0.25) is 11.6 Å². The summed E-state index contributed by atoms with van der Waals surface area (Å²) in [4.78, 5) is 24.7. The Labute approximate surface area is 175 Å². The zero-order chi connectivity index (χ0) is 20.9. The predicted octanol–water partition coefficient (Wildman–Crippen LogP) is 5.32. The highest BCUT2D eigenvalue weighted by atomic mass is 16.5. The molecule has 4 rings (SSSR count). The smallest absolute Gasteiger partial charge is 0.234 e. The van der Waals surface area contributed by atoms with Crippen LogP contribution in [0.1, 0.15) is 39.9 Å². The van der Waals surface area contributed by atoms with Crippen LogP contribution in [0, 0.1) is 0 Å². The normalized spacial score (nSPS) is 13.3. The number of carbonyl (C=O) groups is 2. The highest BCUT2D eigenvalue weighted by Crippen LogP contribution is 2.30. The van der Waals surface area contributed by atoms with E-state index in [0.717, 1.165) is 23.3 Å². The molecular formula is C26H22O4. The second kappa shape index (κ2) is 8.78. The van der Waals surface area contributed by atoms with Gasteiger partial charge in [0.25, 0.3) is 0 Å². The third-order valence-corrected chi connectivity index (χ3v) is 5.26. The Bertz CT molecular complexity index is 1100. The molecule has 1 N–H and O–H groups in total. The van der Waals surface area contributed by atoms with Crippen molar-refractivity contribution in [2.24, 2.45) is 0 Å². The van der Waals surface area contributed by atoms with Crippen LogP contribution >= 0.6 is 0 Å². The third-order valence-electron chi connectivity index (χ3n) is 5.26. The van der Waals surface area contributed by atoms with E-state index >= 15 is 0 Å². The maximum atomic E-state index is 12.4. The van der Waals surface area contributed by atoms with Crippen molar-refractivity contribution in [3.63, 3.8) is 0 Å². The molecule has 0 fully saturated rings. The number of benzene rings is 3. The molecule has 30 heavy (non-hydrogen) atoms. The van der Waals surface area contributed by atoms with E-state index in [1.807, 2.05) is 54.6 Å². The standard InChI is InChI=1S/C26H22O4/c27-24-21-10-4-5-11-22(21)25(28)26(29)23(24)12-6-9-18-13-15-20(16-14-18)30-17-19-7-2-1-3-8-19/h1-5,7-8,10-11,13-16,27H,6,9,12,17H2. The summed E-state index contributed by atoms with van der Waals surface area (Å²) in [5.41, 5.74) is 3.15. The zero-order valence-electron chi connectivity index (χ0n) is 16.5. The van der Waals surface area contributed by atoms with E-state index in [1.54, 1.807) is 24.3 Å². The van der Waals surface area contributed by atoms with E-state index in [1.165, 1.54) is 0 Å². The fourth-order valence-corrected chi connectivity index (χ4v) is 3.61. The fourth-order valence-electron chi connectivity index (χ4n) is 3.61. The van der Waals surface area contributed by atoms with E-state index < -0.39 is 11.6 Å². The first-order valence-corrected chi connectivity index (χ1v) is 9.99. The lowest BCUT2D eigenvalue weighted by molar-refractivity contribution is -0.112. The van der Waals surface area contributed by atoms with Crippen LogP contribution in [0.2, 0.25) is 0 Å². The molecule has 0 saturated carbocycles. The van der Waals surface area contributed by atoms with E-state index in [9.17, 15) is 14.7 Å². The number of Topliss-reactive ketones (excluding diaryl/α,β-unsaturated/α-hetero) is 2. The molecule has 4 nitrogen and oxygen atoms in total. The number of carbonyl (C=O) groups excluding carboxylic acids is 2. The van der Waals surface area contributed by atoms with Crippen molar-refractivity contribution in [2.45, 2.75) is 25.9 Å². The first-order chi connectivity index (χ1) is 14.6. The van der Waals surface area contributed by atoms with E-state index in [-0.39, 0.29) is 16.9 Å². The van der Waals surface area contributed by atoms with Crippen molar-refractivity contribution >= 4 is 17.3 Å². The number of aliphatic hydroxyl groups excluding tert-OH is 1. The minimum Gasteiger partial charge on any atom is -0.507 e. The van der Waals surface area contributed by atoms with Gasteiger partial charge in [0.1, 0.15) is 18.1 Å². The minimum atomic E-state index is -0.601. The second-order valence-electron chi connectivity index (χ2n) is 7.30. The molecule has 3 aromatic carbocycles. The predicted molar refractivity (Wildman–Crippen MR) is 115 cm³/mol. The number of aliphatic hydroxyl groups is 1. The number of ether oxygens (including phenoxy) is 1. The molecule has 0 amide bonds. The summed E-state index contributed by atoms with van der Waals surface area (Å²) in [6.07, 6.45) is 1.75. The number of hydrogen-bond donors (Lipinski definition) is 1. The first-order valence-electron chi connectivity index (χ1n) is 9.99. The van der Waals surface area contributed by atoms with Gasteiger partial charge >= 0.3 is 0 Å². The van der Waals surface area contributed by atoms with Crippen molar-refractivity contribution in [3.05, 3.63) is 107 Å². The van der Waals surface area contributed by atoms with Gasteiger partial charge in [0.15, 0.2) is 0 Å². The monoisotopic (exact) mass is 398 g/mol. The molecule has 0 aliphatic heterocycles. The number of hydrogen-bond acceptors (Lipinski definition) is 4. The highest BCUT2D eigenvalue weighted by Gasteiger charge is 2.31. The maximum absolute atomic E-state index is 12.4. The zero-order valence-corrected chi connectivity index (χ0v) is 16.5. The Morgan fingerprint density at radius 2 is 1.33 bits per heavy atom. The van der Waals surface area contributed by atoms with Crippen LogP contribution in [0.25, 0.3) is 5.76 Å². The van der Waals surface area contributed by atoms with Gasteiger partial charge in [-0.2, -0.15) is 0 Å². The highest BCUT2D eigenvalue weighted by molar-refractivity contribution is 6.52. The summed E-state index contributed by atoms with van der Waals surface area (Å²) in [7, 11) is 0. The van der Waals surface area contributed by atoms with Crippen LogP contribution in [-0.4, -0.2) is 16.7 Å². The average molecular weight is 398 g/mol. The molecule has 3 aromatic rings. The van der Waals surface area contributed by atoms with E-state index in [2.05, 4.69) is 0 Å². The number of rotatable bonds is 7. The Balaban J connectivity index is 1.35. The Morgan fingerprint density at radius 3 is 2.07 bits per heavy atom. The van der Waals surface area contributed by atoms with Crippen LogP contribution in [0.3, 0.4) is 0 Å². The molecule has 150 valence electrons. The van der Waals surface area contributed by atoms with Gasteiger partial charge in [-0.1, -0.05) is 66.7 Å². The van der Waals surface area contributed by atoms with E-state index in [4.69, 9.17) is 4.74 Å². The number of allylic oxidation sites excluding steroid dienone is 1. The molecule has 0 radical (unpaired) electrons. The second-order valence-corrected chi connectivity index (χ2v) is 7.30. The lowest BCUT2D eigenvalue weighted by atomic mass is 9.86. The first kappa shape index (κ1) is 19.6. The lowest BCUT2D eigenvalue weighted by Crippen LogP contribution is -2.24. The van der Waals surface area contributed by atoms with Gasteiger partial charge in [-0.3, -0.25) is 9.59 Å². The molecule has 0 heterocycles. The van der Waals surface area contributed by atoms with Crippen LogP contribution < -0.4 is 4.74 Å². The Hall–Kier alpha value is -3.66. The van der Waals surface area contributed by atoms with Crippen LogP contribution in [0.15, 0.2) is 84.4 Å². The van der Waals surface area contributed by atoms with E-state index in [0.29, 0.717) is 25.0 Å². The van der Waals surface area contributed by atoms with Crippen molar-refractivity contribution < 1.29 is 19.4 Å². The largest absolute Gasteiger partial charge is 0.507 e. The molecule has 0 saturated heterocycles. The van der Waals surface area contributed by atoms with Gasteiger partial charge in [-0.15, -0.1) is 0 Å². The summed E-state index contributed by atoms with van der Waals surface area (Å²) in [6, 6.07) is 24.5. The summed E-state index contributed by atoms with van der Waals surface area (Å²) >= 11 is 0. The minimum absolute atomic E-state index is 0.0696. The number of ketones is 2. The van der Waals surface area contributed by atoms with Gasteiger partial charge in [0.05, 0.1) is 0 Å². The molecule has 1 aliphatic rings. The van der Waals surface area contributed by atoms with Gasteiger partial charge in [-0.05, 0) is 42.5 Å². The number of aryl methyl sites for hydroxylation is 1. The van der Waals surface area contributed by atoms with Crippen LogP contribution in [-0.2, 0) is 17.8 Å². The molecule has 0 atom stereocenters. The Kier molecular flexibility index (Phi) is 5.75. The Morgan fingerprint density at radius 1 is 0.667 bits per heavy atom. The molecule has 0 unspecified atom stereocenters. The molecular weight excluding hydrogens is 376 g/mol. The quantitative estimate of drug-likeness (QED) is 0.547. The van der Waals surface area contributed by atoms with Gasteiger partial charge in [0, 0.05) is 16.7 Å². The van der Waals surface area contributed by atoms with Gasteiger partial charge < -0.3 is 9.84 Å². The number of fused-ring (bicyclic) bond motifs is 1. The third kappa shape index (κ3) is 4.18. The molecule has 0 bridgehead atoms. The molecule has 4 heteroatoms. The maximum Gasteiger partial charge on any atom is 0.234 e. The summed E-state index contributed by atoms with van der Waals surface area (Å²) in [5, 5.41) is 10.5. The summed E-state index contributed by atoms with van der Waals surface area (Å²) in [5.74, 6) is -0.415. The van der Waals surface area contributed by atoms with Crippen LogP contribution in [0.4, 0.5) is 0 Å². The molecule has 0 spiro atoms.